The van der Waals surface area contributed by atoms with Gasteiger partial charge in [0.1, 0.15) is 11.6 Å². The Morgan fingerprint density at radius 1 is 1.16 bits per heavy atom. The van der Waals surface area contributed by atoms with Crippen LogP contribution in [-0.2, 0) is 0 Å². The second kappa shape index (κ2) is 5.54. The number of ketones is 1. The van der Waals surface area contributed by atoms with Crippen molar-refractivity contribution in [3.63, 3.8) is 0 Å². The van der Waals surface area contributed by atoms with E-state index in [9.17, 15) is 13.6 Å². The normalized spacial score (nSPS) is 10.6. The summed E-state index contributed by atoms with van der Waals surface area (Å²) in [6.07, 6.45) is 0. The van der Waals surface area contributed by atoms with Crippen molar-refractivity contribution in [3.05, 3.63) is 67.2 Å². The molecule has 0 bridgehead atoms. The highest BCUT2D eigenvalue weighted by atomic mass is 127. The smallest absolute Gasteiger partial charge is 0.196 e. The van der Waals surface area contributed by atoms with Crippen LogP contribution in [0.5, 0.6) is 0 Å². The lowest BCUT2D eigenvalue weighted by Crippen LogP contribution is -2.06. The Hall–Kier alpha value is -1.01. The standard InChI is InChI=1S/C14H8ClF2IO/c1-7-4-9(12(17)6-11(7)16)14(19)8-2-3-13(18)10(15)5-8/h2-6H,1H3. The third-order valence-electron chi connectivity index (χ3n) is 2.67. The van der Waals surface area contributed by atoms with Crippen LogP contribution in [0.3, 0.4) is 0 Å². The summed E-state index contributed by atoms with van der Waals surface area (Å²) in [5, 5.41) is 0.422. The first-order chi connectivity index (χ1) is 8.90. The third kappa shape index (κ3) is 2.95. The molecule has 5 heteroatoms. The number of benzene rings is 2. The molecule has 0 atom stereocenters. The molecule has 2 rings (SSSR count). The zero-order chi connectivity index (χ0) is 14.2. The topological polar surface area (TPSA) is 17.1 Å². The van der Waals surface area contributed by atoms with Crippen LogP contribution in [-0.4, -0.2) is 5.78 Å². The lowest BCUT2D eigenvalue weighted by atomic mass is 10.0. The van der Waals surface area contributed by atoms with Crippen LogP contribution in [0.1, 0.15) is 21.5 Å². The summed E-state index contributed by atoms with van der Waals surface area (Å²) in [6, 6.07) is 6.64. The van der Waals surface area contributed by atoms with Crippen molar-refractivity contribution in [2.45, 2.75) is 6.92 Å². The molecule has 0 saturated heterocycles. The Balaban J connectivity index is 2.49. The molecule has 0 fully saturated rings. The zero-order valence-electron chi connectivity index (χ0n) is 9.81. The van der Waals surface area contributed by atoms with E-state index in [-0.39, 0.29) is 16.7 Å². The van der Waals surface area contributed by atoms with Crippen molar-refractivity contribution in [1.29, 1.82) is 0 Å². The van der Waals surface area contributed by atoms with E-state index in [0.29, 0.717) is 5.02 Å². The van der Waals surface area contributed by atoms with Crippen LogP contribution >= 0.6 is 34.2 Å². The highest BCUT2D eigenvalue weighted by Crippen LogP contribution is 2.23. The Morgan fingerprint density at radius 3 is 2.47 bits per heavy atom. The molecule has 19 heavy (non-hydrogen) atoms. The van der Waals surface area contributed by atoms with Crippen LogP contribution in [0.2, 0.25) is 5.02 Å². The van der Waals surface area contributed by atoms with Gasteiger partial charge in [-0.15, -0.1) is 0 Å². The zero-order valence-corrected chi connectivity index (χ0v) is 12.7. The van der Waals surface area contributed by atoms with Crippen molar-refractivity contribution in [1.82, 2.24) is 0 Å². The van der Waals surface area contributed by atoms with E-state index < -0.39 is 17.4 Å². The van der Waals surface area contributed by atoms with Crippen LogP contribution in [0, 0.1) is 22.1 Å². The summed E-state index contributed by atoms with van der Waals surface area (Å²) >= 11 is 7.96. The minimum atomic E-state index is -0.872. The molecule has 98 valence electrons. The molecule has 0 amide bonds. The predicted octanol–water partition coefficient (Wildman–Crippen LogP) is 4.76. The van der Waals surface area contributed by atoms with Gasteiger partial charge >= 0.3 is 0 Å². The number of halogens is 4. The van der Waals surface area contributed by atoms with Gasteiger partial charge in [-0.3, -0.25) is 4.79 Å². The van der Waals surface area contributed by atoms with Crippen molar-refractivity contribution in [2.24, 2.45) is 0 Å². The number of carbonyl (C=O) groups excluding carboxylic acids is 1. The van der Waals surface area contributed by atoms with Gasteiger partial charge in [0.15, 0.2) is 5.78 Å². The largest absolute Gasteiger partial charge is 0.288 e. The Labute approximate surface area is 127 Å². The van der Waals surface area contributed by atoms with Crippen molar-refractivity contribution >= 4 is 40.0 Å². The first-order valence-electron chi connectivity index (χ1n) is 5.35. The maximum absolute atomic E-state index is 13.7. The van der Waals surface area contributed by atoms with Gasteiger partial charge in [-0.1, -0.05) is 11.6 Å². The van der Waals surface area contributed by atoms with E-state index in [0.717, 1.165) is 9.64 Å². The Bertz CT molecular complexity index is 671. The molecule has 0 aromatic heterocycles. The Kier molecular flexibility index (Phi) is 4.20. The van der Waals surface area contributed by atoms with Gasteiger partial charge in [0.25, 0.3) is 0 Å². The van der Waals surface area contributed by atoms with Crippen LogP contribution in [0.15, 0.2) is 30.3 Å². The molecule has 0 unspecified atom stereocenters. The first-order valence-corrected chi connectivity index (χ1v) is 6.81. The van der Waals surface area contributed by atoms with Crippen molar-refractivity contribution in [3.8, 4) is 0 Å². The van der Waals surface area contributed by atoms with E-state index in [4.69, 9.17) is 11.6 Å². The number of hydrogen-bond donors (Lipinski definition) is 0. The molecule has 0 aliphatic rings. The fourth-order valence-corrected chi connectivity index (χ4v) is 2.14. The summed E-state index contributed by atoms with van der Waals surface area (Å²) in [4.78, 5) is 12.2. The SMILES string of the molecule is Cc1cc(C(=O)c2ccc(I)c(Cl)c2)c(F)cc1F. The monoisotopic (exact) mass is 392 g/mol. The third-order valence-corrected chi connectivity index (χ3v) is 4.25. The molecule has 1 nitrogen and oxygen atoms in total. The van der Waals surface area contributed by atoms with Gasteiger partial charge in [0.2, 0.25) is 0 Å². The second-order valence-electron chi connectivity index (χ2n) is 4.04. The number of rotatable bonds is 2. The minimum absolute atomic E-state index is 0.156. The lowest BCUT2D eigenvalue weighted by Gasteiger charge is -2.06. The maximum atomic E-state index is 13.7. The fraction of sp³-hybridized carbons (Fsp3) is 0.0714. The second-order valence-corrected chi connectivity index (χ2v) is 5.61. The maximum Gasteiger partial charge on any atom is 0.196 e. The van der Waals surface area contributed by atoms with E-state index in [1.54, 1.807) is 12.1 Å². The van der Waals surface area contributed by atoms with Gasteiger partial charge < -0.3 is 0 Å². The van der Waals surface area contributed by atoms with Gasteiger partial charge in [-0.05, 0) is 59.3 Å². The summed E-state index contributed by atoms with van der Waals surface area (Å²) in [5.41, 5.74) is 0.341. The number of hydrogen-bond acceptors (Lipinski definition) is 1. The highest BCUT2D eigenvalue weighted by Gasteiger charge is 2.17. The van der Waals surface area contributed by atoms with Crippen molar-refractivity contribution in [2.75, 3.05) is 0 Å². The molecule has 0 N–H and O–H groups in total. The quantitative estimate of drug-likeness (QED) is 0.532. The van der Waals surface area contributed by atoms with Crippen LogP contribution < -0.4 is 0 Å². The van der Waals surface area contributed by atoms with Crippen LogP contribution in [0.25, 0.3) is 0 Å². The minimum Gasteiger partial charge on any atom is -0.288 e. The average Bonchev–Trinajstić information content (AvgIpc) is 2.36. The molecule has 0 aliphatic heterocycles. The van der Waals surface area contributed by atoms with Crippen LogP contribution in [0.4, 0.5) is 8.78 Å². The summed E-state index contributed by atoms with van der Waals surface area (Å²) < 4.78 is 27.6. The average molecular weight is 393 g/mol. The molecule has 0 saturated carbocycles. The lowest BCUT2D eigenvalue weighted by molar-refractivity contribution is 0.103. The van der Waals surface area contributed by atoms with Gasteiger partial charge in [-0.25, -0.2) is 8.78 Å². The molecular weight excluding hydrogens is 385 g/mol. The molecular formula is C14H8ClF2IO. The molecule has 0 aliphatic carbocycles. The van der Waals surface area contributed by atoms with Gasteiger partial charge in [0.05, 0.1) is 10.6 Å². The van der Waals surface area contributed by atoms with Gasteiger partial charge in [-0.2, -0.15) is 0 Å². The fourth-order valence-electron chi connectivity index (χ4n) is 1.62. The van der Waals surface area contributed by atoms with E-state index in [2.05, 4.69) is 0 Å². The number of carbonyl (C=O) groups is 1. The van der Waals surface area contributed by atoms with Gasteiger partial charge in [0, 0.05) is 15.2 Å². The summed E-state index contributed by atoms with van der Waals surface area (Å²) in [7, 11) is 0. The van der Waals surface area contributed by atoms with E-state index in [1.165, 1.54) is 19.1 Å². The van der Waals surface area contributed by atoms with E-state index in [1.807, 2.05) is 22.6 Å². The number of aryl methyl sites for hydroxylation is 1. The van der Waals surface area contributed by atoms with Crippen molar-refractivity contribution < 1.29 is 13.6 Å². The summed E-state index contributed by atoms with van der Waals surface area (Å²) in [5.74, 6) is -2.06. The molecule has 0 spiro atoms. The van der Waals surface area contributed by atoms with E-state index >= 15 is 0 Å². The molecule has 2 aromatic rings. The molecule has 0 radical (unpaired) electrons. The first kappa shape index (κ1) is 14.4. The molecule has 2 aromatic carbocycles. The highest BCUT2D eigenvalue weighted by molar-refractivity contribution is 14.1. The summed E-state index contributed by atoms with van der Waals surface area (Å²) in [6.45, 7) is 1.48. The Morgan fingerprint density at radius 2 is 1.84 bits per heavy atom. The molecule has 0 heterocycles. The predicted molar refractivity (Wildman–Crippen MR) is 78.7 cm³/mol.